The van der Waals surface area contributed by atoms with Crippen LogP contribution in [-0.4, -0.2) is 7.11 Å². The Labute approximate surface area is 140 Å². The Morgan fingerprint density at radius 2 is 1.96 bits per heavy atom. The Balaban J connectivity index is 1.87. The second-order valence-corrected chi connectivity index (χ2v) is 7.64. The summed E-state index contributed by atoms with van der Waals surface area (Å²) in [5.41, 5.74) is 0.0564. The minimum atomic E-state index is -2.50. The highest BCUT2D eigenvalue weighted by molar-refractivity contribution is 7.19. The zero-order valence-corrected chi connectivity index (χ0v) is 14.6. The summed E-state index contributed by atoms with van der Waals surface area (Å²) >= 11 is 1.54. The summed E-state index contributed by atoms with van der Waals surface area (Å²) in [4.78, 5) is 1.27. The standard InChI is InChI=1S/C19H24F2OS/c1-3-4-12-5-7-13(8-6-12)16-11-14-9-10-15(22-2)17(19(20)21)18(14)23-16/h9-13,19H,3-8H2,1-2H3. The molecule has 0 saturated heterocycles. The van der Waals surface area contributed by atoms with Crippen LogP contribution in [0.1, 0.15) is 68.2 Å². The summed E-state index contributed by atoms with van der Waals surface area (Å²) in [5.74, 6) is 1.70. The molecule has 1 aromatic carbocycles. The van der Waals surface area contributed by atoms with E-state index in [0.29, 0.717) is 16.4 Å². The monoisotopic (exact) mass is 338 g/mol. The number of hydrogen-bond donors (Lipinski definition) is 0. The van der Waals surface area contributed by atoms with Crippen molar-refractivity contribution in [1.82, 2.24) is 0 Å². The highest BCUT2D eigenvalue weighted by Gasteiger charge is 2.25. The van der Waals surface area contributed by atoms with Gasteiger partial charge in [-0.25, -0.2) is 8.78 Å². The minimum Gasteiger partial charge on any atom is -0.496 e. The molecule has 0 amide bonds. The van der Waals surface area contributed by atoms with Crippen LogP contribution in [0.3, 0.4) is 0 Å². The summed E-state index contributed by atoms with van der Waals surface area (Å²) in [6, 6.07) is 5.69. The Kier molecular flexibility index (Phi) is 5.20. The Morgan fingerprint density at radius 1 is 1.22 bits per heavy atom. The molecule has 1 aliphatic rings. The predicted octanol–water partition coefficient (Wildman–Crippen LogP) is 6.92. The van der Waals surface area contributed by atoms with Gasteiger partial charge in [-0.2, -0.15) is 0 Å². The number of ether oxygens (including phenoxy) is 1. The molecule has 23 heavy (non-hydrogen) atoms. The van der Waals surface area contributed by atoms with Gasteiger partial charge < -0.3 is 4.74 Å². The van der Waals surface area contributed by atoms with Crippen molar-refractivity contribution < 1.29 is 13.5 Å². The van der Waals surface area contributed by atoms with Crippen molar-refractivity contribution in [1.29, 1.82) is 0 Å². The number of rotatable bonds is 5. The molecule has 1 fully saturated rings. The third kappa shape index (κ3) is 3.37. The van der Waals surface area contributed by atoms with Gasteiger partial charge in [-0.15, -0.1) is 11.3 Å². The molecular weight excluding hydrogens is 314 g/mol. The van der Waals surface area contributed by atoms with E-state index in [-0.39, 0.29) is 5.56 Å². The summed E-state index contributed by atoms with van der Waals surface area (Å²) < 4.78 is 32.8. The molecule has 0 N–H and O–H groups in total. The van der Waals surface area contributed by atoms with Crippen molar-refractivity contribution in [2.75, 3.05) is 7.11 Å². The fourth-order valence-corrected chi connectivity index (χ4v) is 5.22. The average Bonchev–Trinajstić information content (AvgIpc) is 2.98. The molecule has 0 bridgehead atoms. The first-order valence-corrected chi connectivity index (χ1v) is 9.34. The first-order chi connectivity index (χ1) is 11.1. The van der Waals surface area contributed by atoms with Crippen molar-refractivity contribution in [3.8, 4) is 5.75 Å². The summed E-state index contributed by atoms with van der Waals surface area (Å²) in [6.07, 6.45) is 5.02. The van der Waals surface area contributed by atoms with Crippen molar-refractivity contribution in [2.24, 2.45) is 5.92 Å². The normalized spacial score (nSPS) is 22.0. The smallest absolute Gasteiger partial charge is 0.268 e. The Morgan fingerprint density at radius 3 is 2.57 bits per heavy atom. The van der Waals surface area contributed by atoms with Crippen LogP contribution in [0.25, 0.3) is 10.1 Å². The molecule has 0 radical (unpaired) electrons. The molecule has 4 heteroatoms. The van der Waals surface area contributed by atoms with Crippen LogP contribution in [0, 0.1) is 5.92 Å². The molecule has 0 spiro atoms. The highest BCUT2D eigenvalue weighted by Crippen LogP contribution is 2.45. The molecule has 1 aliphatic carbocycles. The largest absolute Gasteiger partial charge is 0.496 e. The molecule has 2 aromatic rings. The maximum absolute atomic E-state index is 13.5. The lowest BCUT2D eigenvalue weighted by atomic mass is 9.79. The lowest BCUT2D eigenvalue weighted by molar-refractivity contribution is 0.149. The second-order valence-electron chi connectivity index (χ2n) is 6.56. The van der Waals surface area contributed by atoms with E-state index in [1.165, 1.54) is 50.5 Å². The number of hydrogen-bond acceptors (Lipinski definition) is 2. The average molecular weight is 338 g/mol. The van der Waals surface area contributed by atoms with E-state index >= 15 is 0 Å². The topological polar surface area (TPSA) is 9.23 Å². The van der Waals surface area contributed by atoms with E-state index in [9.17, 15) is 8.78 Å². The Hall–Kier alpha value is -1.16. The van der Waals surface area contributed by atoms with Gasteiger partial charge in [0.05, 0.1) is 12.7 Å². The number of alkyl halides is 2. The molecule has 3 rings (SSSR count). The van der Waals surface area contributed by atoms with Gasteiger partial charge in [0, 0.05) is 9.58 Å². The van der Waals surface area contributed by atoms with Crippen LogP contribution in [0.5, 0.6) is 5.75 Å². The SMILES string of the molecule is CCCC1CCC(c2cc3ccc(OC)c(C(F)F)c3s2)CC1. The lowest BCUT2D eigenvalue weighted by Gasteiger charge is -2.27. The van der Waals surface area contributed by atoms with Crippen LogP contribution >= 0.6 is 11.3 Å². The molecule has 1 heterocycles. The fourth-order valence-electron chi connectivity index (χ4n) is 3.86. The molecule has 0 unspecified atom stereocenters. The van der Waals surface area contributed by atoms with Crippen molar-refractivity contribution in [3.63, 3.8) is 0 Å². The van der Waals surface area contributed by atoms with E-state index in [1.807, 2.05) is 6.07 Å². The van der Waals surface area contributed by atoms with Crippen LogP contribution in [-0.2, 0) is 0 Å². The van der Waals surface area contributed by atoms with Gasteiger partial charge in [-0.05, 0) is 61.1 Å². The molecule has 126 valence electrons. The van der Waals surface area contributed by atoms with Gasteiger partial charge in [0.15, 0.2) is 0 Å². The molecule has 0 aliphatic heterocycles. The molecular formula is C19H24F2OS. The third-order valence-electron chi connectivity index (χ3n) is 5.09. The number of methoxy groups -OCH3 is 1. The minimum absolute atomic E-state index is 0.0564. The van der Waals surface area contributed by atoms with Gasteiger partial charge in [0.25, 0.3) is 6.43 Å². The summed E-state index contributed by atoms with van der Waals surface area (Å²) in [7, 11) is 1.45. The fraction of sp³-hybridized carbons (Fsp3) is 0.579. The van der Waals surface area contributed by atoms with Gasteiger partial charge >= 0.3 is 0 Å². The number of fused-ring (bicyclic) bond motifs is 1. The number of thiophene rings is 1. The van der Waals surface area contributed by atoms with Crippen LogP contribution in [0.2, 0.25) is 0 Å². The van der Waals surface area contributed by atoms with Crippen LogP contribution < -0.4 is 4.74 Å². The maximum Gasteiger partial charge on any atom is 0.268 e. The number of benzene rings is 1. The van der Waals surface area contributed by atoms with Crippen LogP contribution in [0.15, 0.2) is 18.2 Å². The van der Waals surface area contributed by atoms with Gasteiger partial charge in [-0.3, -0.25) is 0 Å². The highest BCUT2D eigenvalue weighted by atomic mass is 32.1. The van der Waals surface area contributed by atoms with E-state index in [1.54, 1.807) is 17.4 Å². The van der Waals surface area contributed by atoms with E-state index in [4.69, 9.17) is 4.74 Å². The van der Waals surface area contributed by atoms with Crippen LogP contribution in [0.4, 0.5) is 8.78 Å². The zero-order chi connectivity index (χ0) is 16.4. The van der Waals surface area contributed by atoms with Gasteiger partial charge in [0.2, 0.25) is 0 Å². The van der Waals surface area contributed by atoms with Gasteiger partial charge in [-0.1, -0.05) is 19.8 Å². The first-order valence-electron chi connectivity index (χ1n) is 8.52. The third-order valence-corrected chi connectivity index (χ3v) is 6.44. The van der Waals surface area contributed by atoms with E-state index in [0.717, 1.165) is 11.3 Å². The predicted molar refractivity (Wildman–Crippen MR) is 92.9 cm³/mol. The van der Waals surface area contributed by atoms with Gasteiger partial charge in [0.1, 0.15) is 5.75 Å². The lowest BCUT2D eigenvalue weighted by Crippen LogP contribution is -2.12. The van der Waals surface area contributed by atoms with Crippen molar-refractivity contribution in [2.45, 2.75) is 57.8 Å². The summed E-state index contributed by atoms with van der Waals surface area (Å²) in [6.45, 7) is 2.25. The summed E-state index contributed by atoms with van der Waals surface area (Å²) in [5, 5.41) is 0.928. The molecule has 0 atom stereocenters. The quantitative estimate of drug-likeness (QED) is 0.575. The van der Waals surface area contributed by atoms with E-state index in [2.05, 4.69) is 13.0 Å². The van der Waals surface area contributed by atoms with Crippen molar-refractivity contribution >= 4 is 21.4 Å². The number of halogens is 2. The first kappa shape index (κ1) is 16.7. The molecule has 1 saturated carbocycles. The maximum atomic E-state index is 13.5. The molecule has 1 aromatic heterocycles. The van der Waals surface area contributed by atoms with E-state index < -0.39 is 6.43 Å². The Bertz CT molecular complexity index is 657. The second kappa shape index (κ2) is 7.16. The molecule has 1 nitrogen and oxygen atoms in total. The van der Waals surface area contributed by atoms with Crippen molar-refractivity contribution in [3.05, 3.63) is 28.6 Å². The zero-order valence-electron chi connectivity index (χ0n) is 13.8.